The standard InChI is InChI=1S/C28H31N5O2.CH4O2S/c29-19-24-18-23(3-6-27(24)35-20-22-7-10-30-11-8-22)26-9-12-31-28(32-26)17-21-1-4-25(5-2-21)33-13-15-34-16-14-33;1-4(2)3/h1-6,9,12,18,22,30H,7-8,10-11,13-17,20H2;1H3,(H,2,3)/p-1. The minimum absolute atomic E-state index is 0.537. The molecule has 1 N–H and O–H groups in total. The van der Waals surface area contributed by atoms with Crippen LogP contribution in [0.4, 0.5) is 5.69 Å². The summed E-state index contributed by atoms with van der Waals surface area (Å²) in [5.74, 6) is 1.94. The van der Waals surface area contributed by atoms with Gasteiger partial charge >= 0.3 is 0 Å². The topological polar surface area (TPSA) is 123 Å². The highest BCUT2D eigenvalue weighted by atomic mass is 32.2. The molecule has 0 aliphatic carbocycles. The third kappa shape index (κ3) is 8.83. The highest BCUT2D eigenvalue weighted by molar-refractivity contribution is 7.78. The zero-order valence-electron chi connectivity index (χ0n) is 22.2. The molecule has 1 unspecified atom stereocenters. The maximum absolute atomic E-state index is 9.71. The molecule has 1 aromatic heterocycles. The Bertz CT molecular complexity index is 1270. The molecule has 5 rings (SSSR count). The molecule has 2 aromatic carbocycles. The van der Waals surface area contributed by atoms with Gasteiger partial charge in [-0.05, 0) is 80.1 Å². The first-order valence-corrected chi connectivity index (χ1v) is 14.6. The number of ether oxygens (including phenoxy) is 2. The van der Waals surface area contributed by atoms with E-state index in [1.54, 1.807) is 6.20 Å². The van der Waals surface area contributed by atoms with Crippen molar-refractivity contribution in [3.05, 3.63) is 71.7 Å². The van der Waals surface area contributed by atoms with Gasteiger partial charge in [0.05, 0.1) is 31.1 Å². The van der Waals surface area contributed by atoms with E-state index < -0.39 is 11.1 Å². The molecular formula is C29H34N5O4S-. The predicted molar refractivity (Wildman–Crippen MR) is 150 cm³/mol. The summed E-state index contributed by atoms with van der Waals surface area (Å²) in [5, 5.41) is 13.1. The van der Waals surface area contributed by atoms with Crippen molar-refractivity contribution >= 4 is 16.8 Å². The monoisotopic (exact) mass is 548 g/mol. The zero-order valence-corrected chi connectivity index (χ0v) is 23.0. The van der Waals surface area contributed by atoms with Crippen LogP contribution in [0, 0.1) is 17.2 Å². The first-order chi connectivity index (χ1) is 19.0. The molecule has 10 heteroatoms. The van der Waals surface area contributed by atoms with Crippen molar-refractivity contribution in [3.8, 4) is 23.1 Å². The molecule has 0 amide bonds. The van der Waals surface area contributed by atoms with Crippen LogP contribution in [0.1, 0.15) is 29.8 Å². The number of anilines is 1. The summed E-state index contributed by atoms with van der Waals surface area (Å²) in [6, 6.07) is 18.5. The number of piperidine rings is 1. The van der Waals surface area contributed by atoms with Crippen molar-refractivity contribution in [2.75, 3.05) is 57.2 Å². The summed E-state index contributed by atoms with van der Waals surface area (Å²) in [5.41, 5.74) is 4.62. The van der Waals surface area contributed by atoms with Gasteiger partial charge in [-0.1, -0.05) is 23.2 Å². The van der Waals surface area contributed by atoms with Crippen LogP contribution in [0.15, 0.2) is 54.7 Å². The van der Waals surface area contributed by atoms with Gasteiger partial charge in [-0.25, -0.2) is 9.97 Å². The Balaban J connectivity index is 0.000000826. The number of nitrogens with one attached hydrogen (secondary N) is 1. The third-order valence-electron chi connectivity index (χ3n) is 6.71. The number of hydrogen-bond acceptors (Lipinski definition) is 9. The first-order valence-electron chi connectivity index (χ1n) is 13.1. The second kappa shape index (κ2) is 14.7. The summed E-state index contributed by atoms with van der Waals surface area (Å²) in [6.45, 7) is 6.13. The van der Waals surface area contributed by atoms with Gasteiger partial charge in [0, 0.05) is 37.0 Å². The number of hydrogen-bond donors (Lipinski definition) is 1. The van der Waals surface area contributed by atoms with Gasteiger partial charge in [0.2, 0.25) is 0 Å². The van der Waals surface area contributed by atoms with Crippen LogP contribution in [-0.2, 0) is 22.2 Å². The van der Waals surface area contributed by atoms with Crippen LogP contribution in [0.2, 0.25) is 0 Å². The van der Waals surface area contributed by atoms with Gasteiger partial charge in [-0.15, -0.1) is 0 Å². The van der Waals surface area contributed by atoms with Gasteiger partial charge in [0.15, 0.2) is 0 Å². The lowest BCUT2D eigenvalue weighted by atomic mass is 9.99. The molecule has 9 nitrogen and oxygen atoms in total. The molecule has 2 saturated heterocycles. The lowest BCUT2D eigenvalue weighted by Crippen LogP contribution is -2.36. The Kier molecular flexibility index (Phi) is 10.8. The van der Waals surface area contributed by atoms with Gasteiger partial charge < -0.3 is 24.2 Å². The highest BCUT2D eigenvalue weighted by Crippen LogP contribution is 2.27. The molecule has 206 valence electrons. The average molecular weight is 549 g/mol. The van der Waals surface area contributed by atoms with Crippen molar-refractivity contribution in [2.24, 2.45) is 5.92 Å². The van der Waals surface area contributed by atoms with E-state index in [-0.39, 0.29) is 0 Å². The Morgan fingerprint density at radius 1 is 1.15 bits per heavy atom. The molecule has 0 radical (unpaired) electrons. The molecule has 1 atom stereocenters. The Hall–Kier alpha value is -3.36. The number of morpholine rings is 1. The van der Waals surface area contributed by atoms with Gasteiger partial charge in [0.25, 0.3) is 0 Å². The second-order valence-corrected chi connectivity index (χ2v) is 10.3. The minimum atomic E-state index is -1.86. The normalized spacial score (nSPS) is 16.5. The van der Waals surface area contributed by atoms with Crippen molar-refractivity contribution < 1.29 is 18.2 Å². The van der Waals surface area contributed by atoms with Crippen LogP contribution < -0.4 is 15.0 Å². The molecule has 39 heavy (non-hydrogen) atoms. The van der Waals surface area contributed by atoms with E-state index in [0.717, 1.165) is 75.6 Å². The number of nitrogens with zero attached hydrogens (tertiary/aromatic N) is 4. The third-order valence-corrected chi connectivity index (χ3v) is 6.71. The largest absolute Gasteiger partial charge is 0.773 e. The summed E-state index contributed by atoms with van der Waals surface area (Å²) >= 11 is -1.86. The SMILES string of the molecule is CS(=O)[O-].N#Cc1cc(-c2ccnc(Cc3ccc(N4CCOCC4)cc3)n2)ccc1OCC1CCNCC1. The van der Waals surface area contributed by atoms with E-state index in [1.807, 2.05) is 24.3 Å². The number of rotatable bonds is 7. The molecular weight excluding hydrogens is 514 g/mol. The van der Waals surface area contributed by atoms with Crippen LogP contribution in [0.5, 0.6) is 5.75 Å². The fraction of sp³-hybridized carbons (Fsp3) is 0.414. The van der Waals surface area contributed by atoms with E-state index in [4.69, 9.17) is 23.2 Å². The molecule has 0 bridgehead atoms. The molecule has 0 spiro atoms. The summed E-state index contributed by atoms with van der Waals surface area (Å²) in [6.07, 6.45) is 5.74. The molecule has 3 heterocycles. The minimum Gasteiger partial charge on any atom is -0.773 e. The number of nitriles is 1. The zero-order chi connectivity index (χ0) is 27.5. The molecule has 2 aliphatic rings. The fourth-order valence-corrected chi connectivity index (χ4v) is 4.63. The lowest BCUT2D eigenvalue weighted by Gasteiger charge is -2.28. The Morgan fingerprint density at radius 2 is 1.87 bits per heavy atom. The predicted octanol–water partition coefficient (Wildman–Crippen LogP) is 3.32. The van der Waals surface area contributed by atoms with Crippen LogP contribution in [0.25, 0.3) is 11.3 Å². The number of benzene rings is 2. The van der Waals surface area contributed by atoms with Crippen molar-refractivity contribution in [1.29, 1.82) is 5.26 Å². The van der Waals surface area contributed by atoms with Gasteiger partial charge in [0.1, 0.15) is 17.6 Å². The number of aromatic nitrogens is 2. The second-order valence-electron chi connectivity index (χ2n) is 9.53. The summed E-state index contributed by atoms with van der Waals surface area (Å²) in [4.78, 5) is 11.6. The molecule has 0 saturated carbocycles. The molecule has 3 aromatic rings. The Morgan fingerprint density at radius 3 is 2.56 bits per heavy atom. The van der Waals surface area contributed by atoms with E-state index in [0.29, 0.717) is 30.3 Å². The van der Waals surface area contributed by atoms with E-state index >= 15 is 0 Å². The summed E-state index contributed by atoms with van der Waals surface area (Å²) in [7, 11) is 0. The average Bonchev–Trinajstić information content (AvgIpc) is 2.97. The Labute approximate surface area is 232 Å². The van der Waals surface area contributed by atoms with Crippen molar-refractivity contribution in [1.82, 2.24) is 15.3 Å². The molecule has 2 fully saturated rings. The van der Waals surface area contributed by atoms with Gasteiger partial charge in [-0.3, -0.25) is 4.21 Å². The van der Waals surface area contributed by atoms with E-state index in [2.05, 4.69) is 45.5 Å². The maximum Gasteiger partial charge on any atom is 0.137 e. The van der Waals surface area contributed by atoms with Crippen molar-refractivity contribution in [3.63, 3.8) is 0 Å². The van der Waals surface area contributed by atoms with E-state index in [1.165, 1.54) is 11.3 Å². The van der Waals surface area contributed by atoms with Crippen LogP contribution in [0.3, 0.4) is 0 Å². The fourth-order valence-electron chi connectivity index (χ4n) is 4.63. The smallest absolute Gasteiger partial charge is 0.137 e. The highest BCUT2D eigenvalue weighted by Gasteiger charge is 2.16. The van der Waals surface area contributed by atoms with Crippen molar-refractivity contribution in [2.45, 2.75) is 19.3 Å². The quantitative estimate of drug-likeness (QED) is 0.443. The first kappa shape index (κ1) is 28.6. The maximum atomic E-state index is 9.71. The summed E-state index contributed by atoms with van der Waals surface area (Å²) < 4.78 is 29.5. The van der Waals surface area contributed by atoms with Crippen LogP contribution >= 0.6 is 0 Å². The van der Waals surface area contributed by atoms with E-state index in [9.17, 15) is 5.26 Å². The lowest BCUT2D eigenvalue weighted by molar-refractivity contribution is 0.122. The van der Waals surface area contributed by atoms with Crippen LogP contribution in [-0.4, -0.2) is 71.0 Å². The molecule has 2 aliphatic heterocycles. The van der Waals surface area contributed by atoms with Gasteiger partial charge in [-0.2, -0.15) is 5.26 Å².